The number of nitrogens with zero attached hydrogens (tertiary/aromatic N) is 1. The predicted octanol–water partition coefficient (Wildman–Crippen LogP) is 2.35. The van der Waals surface area contributed by atoms with E-state index in [0.29, 0.717) is 11.0 Å². The molecular weight excluding hydrogens is 385 g/mol. The Balaban J connectivity index is 1.51. The third-order valence-electron chi connectivity index (χ3n) is 5.89. The summed E-state index contributed by atoms with van der Waals surface area (Å²) >= 11 is 1.18. The van der Waals surface area contributed by atoms with Crippen molar-refractivity contribution in [3.63, 3.8) is 0 Å². The highest BCUT2D eigenvalue weighted by Gasteiger charge is 2.36. The van der Waals surface area contributed by atoms with Gasteiger partial charge in [0.1, 0.15) is 0 Å². The van der Waals surface area contributed by atoms with Crippen LogP contribution in [-0.2, 0) is 31.3 Å². The van der Waals surface area contributed by atoms with Gasteiger partial charge in [-0.05, 0) is 78.3 Å². The molecule has 6 nitrogen and oxygen atoms in total. The van der Waals surface area contributed by atoms with Crippen molar-refractivity contribution < 1.29 is 14.9 Å². The molecule has 0 fully saturated rings. The smallest absolute Gasteiger partial charge is 0.329 e. The van der Waals surface area contributed by atoms with Crippen molar-refractivity contribution in [2.75, 3.05) is 5.32 Å². The van der Waals surface area contributed by atoms with Gasteiger partial charge < -0.3 is 15.4 Å². The van der Waals surface area contributed by atoms with E-state index in [2.05, 4.69) is 23.9 Å². The number of urea groups is 1. The number of benzene rings is 1. The molecule has 1 heterocycles. The van der Waals surface area contributed by atoms with E-state index < -0.39 is 0 Å². The second-order valence-corrected chi connectivity index (χ2v) is 9.16. The van der Waals surface area contributed by atoms with Gasteiger partial charge >= 0.3 is 13.5 Å². The maximum Gasteiger partial charge on any atom is 0.329 e. The Morgan fingerprint density at radius 3 is 2.86 bits per heavy atom. The number of hydrogen-bond acceptors (Lipinski definition) is 5. The monoisotopic (exact) mass is 410 g/mol. The number of carbonyl (C=O) groups is 1. The van der Waals surface area contributed by atoms with Gasteiger partial charge in [-0.2, -0.15) is 0 Å². The number of fused-ring (bicyclic) bond motifs is 2. The molecule has 2 aliphatic carbocycles. The fourth-order valence-corrected chi connectivity index (χ4v) is 4.89. The molecule has 0 spiro atoms. The summed E-state index contributed by atoms with van der Waals surface area (Å²) in [6.07, 6.45) is 4.99. The highest BCUT2D eigenvalue weighted by molar-refractivity contribution is 7.98. The molecule has 1 radical (unpaired) electrons. The van der Waals surface area contributed by atoms with Gasteiger partial charge in [0.2, 0.25) is 0 Å². The van der Waals surface area contributed by atoms with Crippen molar-refractivity contribution in [2.24, 2.45) is 0 Å². The number of amides is 2. The Labute approximate surface area is 175 Å². The molecule has 29 heavy (non-hydrogen) atoms. The number of pyridine rings is 1. The van der Waals surface area contributed by atoms with Crippen LogP contribution in [0.4, 0.5) is 10.5 Å². The lowest BCUT2D eigenvalue weighted by Crippen LogP contribution is -2.25. The second kappa shape index (κ2) is 8.01. The van der Waals surface area contributed by atoms with Crippen LogP contribution < -0.4 is 15.5 Å². The first-order valence-electron chi connectivity index (χ1n) is 9.93. The highest BCUT2D eigenvalue weighted by atomic mass is 32.2. The van der Waals surface area contributed by atoms with E-state index in [1.807, 2.05) is 0 Å². The van der Waals surface area contributed by atoms with Gasteiger partial charge in [0.05, 0.1) is 18.0 Å². The predicted molar refractivity (Wildman–Crippen MR) is 116 cm³/mol. The van der Waals surface area contributed by atoms with Crippen molar-refractivity contribution in [3.05, 3.63) is 46.3 Å². The summed E-state index contributed by atoms with van der Waals surface area (Å²) in [7, 11) is 0.964. The van der Waals surface area contributed by atoms with Crippen LogP contribution in [-0.4, -0.2) is 28.6 Å². The third kappa shape index (κ3) is 3.89. The lowest BCUT2D eigenvalue weighted by atomic mass is 9.85. The maximum atomic E-state index is 12.7. The van der Waals surface area contributed by atoms with E-state index in [1.54, 1.807) is 18.2 Å². The minimum Gasteiger partial charge on any atom is -0.450 e. The van der Waals surface area contributed by atoms with E-state index in [-0.39, 0.29) is 18.1 Å². The van der Waals surface area contributed by atoms with Crippen LogP contribution in [0.1, 0.15) is 54.8 Å². The van der Waals surface area contributed by atoms with Gasteiger partial charge in [-0.3, -0.25) is 9.71 Å². The SMILES string of the molecule is CC1(C)CCc2c1nc1c(c2NC(=O)NSc2ccc([B]O)c(CO)c2)CCC1. The number of anilines is 1. The van der Waals surface area contributed by atoms with Crippen LogP contribution in [0.25, 0.3) is 0 Å². The molecule has 151 valence electrons. The van der Waals surface area contributed by atoms with Gasteiger partial charge in [-0.25, -0.2) is 4.79 Å². The van der Waals surface area contributed by atoms with Gasteiger partial charge in [-0.1, -0.05) is 19.9 Å². The Bertz CT molecular complexity index is 965. The second-order valence-electron chi connectivity index (χ2n) is 8.28. The molecule has 0 saturated carbocycles. The number of aryl methyl sites for hydroxylation is 1. The fraction of sp³-hybridized carbons (Fsp3) is 0.429. The zero-order chi connectivity index (χ0) is 20.6. The van der Waals surface area contributed by atoms with Gasteiger partial charge in [0, 0.05) is 16.0 Å². The topological polar surface area (TPSA) is 94.5 Å². The van der Waals surface area contributed by atoms with Crippen molar-refractivity contribution in [2.45, 2.75) is 62.9 Å². The molecule has 2 aliphatic rings. The molecule has 0 atom stereocenters. The molecule has 0 bridgehead atoms. The molecule has 0 saturated heterocycles. The largest absolute Gasteiger partial charge is 0.450 e. The molecule has 0 aliphatic heterocycles. The van der Waals surface area contributed by atoms with Crippen molar-refractivity contribution in [1.29, 1.82) is 0 Å². The summed E-state index contributed by atoms with van der Waals surface area (Å²) in [4.78, 5) is 18.4. The first-order valence-corrected chi connectivity index (χ1v) is 10.7. The quantitative estimate of drug-likeness (QED) is 0.449. The number of aliphatic hydroxyl groups excluding tert-OH is 1. The molecular formula is C21H25BN3O3S. The van der Waals surface area contributed by atoms with Crippen LogP contribution in [0.5, 0.6) is 0 Å². The zero-order valence-corrected chi connectivity index (χ0v) is 17.5. The lowest BCUT2D eigenvalue weighted by Gasteiger charge is -2.21. The van der Waals surface area contributed by atoms with E-state index >= 15 is 0 Å². The summed E-state index contributed by atoms with van der Waals surface area (Å²) in [5.74, 6) is 0. The molecule has 0 unspecified atom stereocenters. The van der Waals surface area contributed by atoms with E-state index in [4.69, 9.17) is 4.98 Å². The Morgan fingerprint density at radius 1 is 1.28 bits per heavy atom. The summed E-state index contributed by atoms with van der Waals surface area (Å²) in [5.41, 5.74) is 6.79. The number of nitrogens with one attached hydrogen (secondary N) is 2. The molecule has 4 N–H and O–H groups in total. The molecule has 1 aromatic heterocycles. The van der Waals surface area contributed by atoms with Crippen molar-refractivity contribution >= 4 is 36.6 Å². The van der Waals surface area contributed by atoms with Crippen molar-refractivity contribution in [3.8, 4) is 0 Å². The molecule has 2 amide bonds. The van der Waals surface area contributed by atoms with Crippen LogP contribution in [0, 0.1) is 0 Å². The van der Waals surface area contributed by atoms with E-state index in [0.717, 1.165) is 61.6 Å². The lowest BCUT2D eigenvalue weighted by molar-refractivity contribution is 0.257. The summed E-state index contributed by atoms with van der Waals surface area (Å²) in [5, 5.41) is 21.7. The van der Waals surface area contributed by atoms with Gasteiger partial charge in [0.15, 0.2) is 0 Å². The summed E-state index contributed by atoms with van der Waals surface area (Å²) < 4.78 is 2.83. The highest BCUT2D eigenvalue weighted by Crippen LogP contribution is 2.44. The first kappa shape index (κ1) is 20.3. The molecule has 8 heteroatoms. The number of rotatable bonds is 5. The molecule has 2 aromatic rings. The third-order valence-corrected chi connectivity index (χ3v) is 6.67. The average Bonchev–Trinajstić information content (AvgIpc) is 3.30. The minimum atomic E-state index is -0.273. The Hall–Kier alpha value is -2.03. The average molecular weight is 410 g/mol. The number of carbonyl (C=O) groups excluding carboxylic acids is 1. The van der Waals surface area contributed by atoms with E-state index in [9.17, 15) is 14.9 Å². The summed E-state index contributed by atoms with van der Waals surface area (Å²) in [6, 6.07) is 4.97. The zero-order valence-electron chi connectivity index (χ0n) is 16.7. The Kier molecular flexibility index (Phi) is 5.59. The standard InChI is InChI=1S/C21H25BN3O3S/c1-21(2)9-8-15-18(14-4-3-5-17(14)23-19(15)21)24-20(27)25-29-13-6-7-16(22-28)12(10-13)11-26/h6-7,10,26,28H,3-5,8-9,11H2,1-2H3,(H2,23,24,25,27). The molecule has 1 aromatic carbocycles. The number of aliphatic hydroxyl groups is 1. The minimum absolute atomic E-state index is 0.0424. The van der Waals surface area contributed by atoms with Crippen LogP contribution >= 0.6 is 11.9 Å². The van der Waals surface area contributed by atoms with Crippen molar-refractivity contribution in [1.82, 2.24) is 9.71 Å². The first-order chi connectivity index (χ1) is 13.9. The Morgan fingerprint density at radius 2 is 2.10 bits per heavy atom. The van der Waals surface area contributed by atoms with E-state index in [1.165, 1.54) is 23.1 Å². The van der Waals surface area contributed by atoms with Crippen LogP contribution in [0.15, 0.2) is 23.1 Å². The van der Waals surface area contributed by atoms with Gasteiger partial charge in [-0.15, -0.1) is 0 Å². The maximum absolute atomic E-state index is 12.7. The fourth-order valence-electron chi connectivity index (χ4n) is 4.29. The summed E-state index contributed by atoms with van der Waals surface area (Å²) in [6.45, 7) is 4.26. The molecule has 4 rings (SSSR count). The number of aromatic nitrogens is 1. The van der Waals surface area contributed by atoms with Crippen LogP contribution in [0.3, 0.4) is 0 Å². The number of hydrogen-bond donors (Lipinski definition) is 4. The van der Waals surface area contributed by atoms with Gasteiger partial charge in [0.25, 0.3) is 0 Å². The van der Waals surface area contributed by atoms with Crippen LogP contribution in [0.2, 0.25) is 0 Å². The normalized spacial score (nSPS) is 16.3.